The van der Waals surface area contributed by atoms with Crippen LogP contribution >= 0.6 is 11.8 Å². The second-order valence-electron chi connectivity index (χ2n) is 2.91. The fraction of sp³-hybridized carbons (Fsp3) is 0.625. The molecule has 54 valence electrons. The summed E-state index contributed by atoms with van der Waals surface area (Å²) in [6, 6.07) is 0. The van der Waals surface area contributed by atoms with Gasteiger partial charge < -0.3 is 0 Å². The maximum absolute atomic E-state index is 11.1. The SMILES string of the molecule is O=C1C=CC2CCSC1C2. The molecule has 0 radical (unpaired) electrons. The molecule has 1 aliphatic carbocycles. The zero-order valence-electron chi connectivity index (χ0n) is 5.75. The third-order valence-corrected chi connectivity index (χ3v) is 3.47. The van der Waals surface area contributed by atoms with Gasteiger partial charge in [-0.2, -0.15) is 11.8 Å². The summed E-state index contributed by atoms with van der Waals surface area (Å²) >= 11 is 1.83. The lowest BCUT2D eigenvalue weighted by Gasteiger charge is -2.28. The lowest BCUT2D eigenvalue weighted by Crippen LogP contribution is -2.27. The molecule has 2 rings (SSSR count). The summed E-state index contributed by atoms with van der Waals surface area (Å²) in [5.74, 6) is 2.22. The summed E-state index contributed by atoms with van der Waals surface area (Å²) in [5, 5.41) is 0.309. The van der Waals surface area contributed by atoms with E-state index in [0.717, 1.165) is 6.42 Å². The van der Waals surface area contributed by atoms with Crippen molar-refractivity contribution < 1.29 is 4.79 Å². The number of allylic oxidation sites excluding steroid dienone is 2. The maximum atomic E-state index is 11.1. The molecule has 2 bridgehead atoms. The summed E-state index contributed by atoms with van der Waals surface area (Å²) in [6.07, 6.45) is 6.22. The van der Waals surface area contributed by atoms with Crippen LogP contribution in [0.4, 0.5) is 0 Å². The van der Waals surface area contributed by atoms with Gasteiger partial charge in [0, 0.05) is 0 Å². The van der Waals surface area contributed by atoms with Crippen LogP contribution in [0.5, 0.6) is 0 Å². The fourth-order valence-electron chi connectivity index (χ4n) is 1.53. The Labute approximate surface area is 64.9 Å². The Kier molecular flexibility index (Phi) is 1.57. The Balaban J connectivity index is 2.21. The largest absolute Gasteiger partial charge is 0.294 e. The van der Waals surface area contributed by atoms with Crippen LogP contribution in [0, 0.1) is 5.92 Å². The topological polar surface area (TPSA) is 17.1 Å². The minimum atomic E-state index is 0.309. The van der Waals surface area contributed by atoms with Crippen LogP contribution in [0.1, 0.15) is 12.8 Å². The second-order valence-corrected chi connectivity index (χ2v) is 4.22. The summed E-state index contributed by atoms with van der Waals surface area (Å²) in [6.45, 7) is 0. The predicted octanol–water partition coefficient (Wildman–Crippen LogP) is 1.64. The number of carbonyl (C=O) groups excluding carboxylic acids is 1. The summed E-state index contributed by atoms with van der Waals surface area (Å²) < 4.78 is 0. The molecular weight excluding hydrogens is 144 g/mol. The molecule has 0 aromatic heterocycles. The predicted molar refractivity (Wildman–Crippen MR) is 43.1 cm³/mol. The van der Waals surface area contributed by atoms with E-state index in [1.807, 2.05) is 11.8 Å². The molecule has 1 heterocycles. The van der Waals surface area contributed by atoms with Gasteiger partial charge in [-0.05, 0) is 30.6 Å². The van der Waals surface area contributed by atoms with Crippen molar-refractivity contribution in [2.75, 3.05) is 5.75 Å². The fourth-order valence-corrected chi connectivity index (χ4v) is 2.88. The first-order chi connectivity index (χ1) is 4.86. The van der Waals surface area contributed by atoms with Crippen molar-refractivity contribution >= 4 is 17.5 Å². The first kappa shape index (κ1) is 6.47. The van der Waals surface area contributed by atoms with Gasteiger partial charge in [0.1, 0.15) is 0 Å². The molecule has 0 aromatic rings. The van der Waals surface area contributed by atoms with E-state index in [4.69, 9.17) is 0 Å². The average molecular weight is 154 g/mol. The molecule has 1 aliphatic heterocycles. The van der Waals surface area contributed by atoms with Gasteiger partial charge in [0.2, 0.25) is 0 Å². The van der Waals surface area contributed by atoms with Crippen molar-refractivity contribution in [3.63, 3.8) is 0 Å². The van der Waals surface area contributed by atoms with Crippen LogP contribution < -0.4 is 0 Å². The van der Waals surface area contributed by atoms with Gasteiger partial charge >= 0.3 is 0 Å². The Morgan fingerprint density at radius 1 is 1.60 bits per heavy atom. The lowest BCUT2D eigenvalue weighted by atomic mass is 9.92. The van der Waals surface area contributed by atoms with E-state index in [0.29, 0.717) is 17.0 Å². The summed E-state index contributed by atoms with van der Waals surface area (Å²) in [4.78, 5) is 11.1. The number of rotatable bonds is 0. The highest BCUT2D eigenvalue weighted by Gasteiger charge is 2.28. The minimum Gasteiger partial charge on any atom is -0.294 e. The highest BCUT2D eigenvalue weighted by molar-refractivity contribution is 8.00. The Hall–Kier alpha value is -0.240. The van der Waals surface area contributed by atoms with Crippen molar-refractivity contribution in [2.24, 2.45) is 5.92 Å². The van der Waals surface area contributed by atoms with Crippen LogP contribution in [0.2, 0.25) is 0 Å². The van der Waals surface area contributed by atoms with E-state index >= 15 is 0 Å². The molecule has 0 aromatic carbocycles. The normalized spacial score (nSPS) is 38.2. The molecule has 10 heavy (non-hydrogen) atoms. The van der Waals surface area contributed by atoms with E-state index in [-0.39, 0.29) is 0 Å². The van der Waals surface area contributed by atoms with Gasteiger partial charge in [-0.1, -0.05) is 6.08 Å². The third kappa shape index (κ3) is 1.01. The van der Waals surface area contributed by atoms with E-state index in [9.17, 15) is 4.79 Å². The van der Waals surface area contributed by atoms with Crippen molar-refractivity contribution in [3.8, 4) is 0 Å². The van der Waals surface area contributed by atoms with Crippen molar-refractivity contribution in [1.82, 2.24) is 0 Å². The van der Waals surface area contributed by atoms with Gasteiger partial charge in [0.25, 0.3) is 0 Å². The third-order valence-electron chi connectivity index (χ3n) is 2.17. The number of fused-ring (bicyclic) bond motifs is 2. The average Bonchev–Trinajstić information content (AvgIpc) is 1.99. The van der Waals surface area contributed by atoms with Gasteiger partial charge in [-0.15, -0.1) is 0 Å². The van der Waals surface area contributed by atoms with E-state index < -0.39 is 0 Å². The Morgan fingerprint density at radius 3 is 3.30 bits per heavy atom. The molecular formula is C8H10OS. The molecule has 2 unspecified atom stereocenters. The van der Waals surface area contributed by atoms with Crippen LogP contribution in [-0.2, 0) is 4.79 Å². The van der Waals surface area contributed by atoms with Gasteiger partial charge in [0.15, 0.2) is 5.78 Å². The number of hydrogen-bond acceptors (Lipinski definition) is 2. The van der Waals surface area contributed by atoms with Crippen molar-refractivity contribution in [3.05, 3.63) is 12.2 Å². The Bertz CT molecular complexity index is 186. The molecule has 2 atom stereocenters. The van der Waals surface area contributed by atoms with Gasteiger partial charge in [-0.25, -0.2) is 0 Å². The monoisotopic (exact) mass is 154 g/mol. The van der Waals surface area contributed by atoms with Crippen molar-refractivity contribution in [2.45, 2.75) is 18.1 Å². The van der Waals surface area contributed by atoms with Crippen LogP contribution in [0.3, 0.4) is 0 Å². The first-order valence-corrected chi connectivity index (χ1v) is 4.75. The number of ketones is 1. The molecule has 1 saturated heterocycles. The molecule has 0 spiro atoms. The second kappa shape index (κ2) is 2.42. The van der Waals surface area contributed by atoms with Gasteiger partial charge in [-0.3, -0.25) is 4.79 Å². The van der Waals surface area contributed by atoms with Crippen LogP contribution in [0.15, 0.2) is 12.2 Å². The molecule has 2 heteroatoms. The molecule has 1 fully saturated rings. The van der Waals surface area contributed by atoms with E-state index in [2.05, 4.69) is 6.08 Å². The molecule has 0 saturated carbocycles. The minimum absolute atomic E-state index is 0.309. The zero-order valence-corrected chi connectivity index (χ0v) is 6.56. The zero-order chi connectivity index (χ0) is 6.97. The van der Waals surface area contributed by atoms with Crippen LogP contribution in [-0.4, -0.2) is 16.8 Å². The molecule has 2 aliphatic rings. The summed E-state index contributed by atoms with van der Waals surface area (Å²) in [7, 11) is 0. The van der Waals surface area contributed by atoms with Crippen molar-refractivity contribution in [1.29, 1.82) is 0 Å². The highest BCUT2D eigenvalue weighted by Crippen LogP contribution is 2.34. The maximum Gasteiger partial charge on any atom is 0.168 e. The smallest absolute Gasteiger partial charge is 0.168 e. The number of carbonyl (C=O) groups is 1. The van der Waals surface area contributed by atoms with Gasteiger partial charge in [0.05, 0.1) is 5.25 Å². The summed E-state index contributed by atoms with van der Waals surface area (Å²) in [5.41, 5.74) is 0. The first-order valence-electron chi connectivity index (χ1n) is 3.70. The standard InChI is InChI=1S/C8H10OS/c9-7-2-1-6-3-4-10-8(7)5-6/h1-2,6,8H,3-5H2. The van der Waals surface area contributed by atoms with E-state index in [1.54, 1.807) is 6.08 Å². The molecule has 0 amide bonds. The number of hydrogen-bond donors (Lipinski definition) is 0. The van der Waals surface area contributed by atoms with E-state index in [1.165, 1.54) is 12.2 Å². The lowest BCUT2D eigenvalue weighted by molar-refractivity contribution is -0.114. The molecule has 0 N–H and O–H groups in total. The van der Waals surface area contributed by atoms with Crippen LogP contribution in [0.25, 0.3) is 0 Å². The molecule has 1 nitrogen and oxygen atoms in total. The Morgan fingerprint density at radius 2 is 2.50 bits per heavy atom. The quantitative estimate of drug-likeness (QED) is 0.527. The number of thioether (sulfide) groups is 1. The highest BCUT2D eigenvalue weighted by atomic mass is 32.2.